The maximum absolute atomic E-state index is 11.7. The Morgan fingerprint density at radius 3 is 2.88 bits per heavy atom. The molecule has 16 heavy (non-hydrogen) atoms. The average molecular weight is 224 g/mol. The van der Waals surface area contributed by atoms with Gasteiger partial charge in [-0.15, -0.1) is 0 Å². The number of nitrogens with zero attached hydrogens (tertiary/aromatic N) is 3. The lowest BCUT2D eigenvalue weighted by Gasteiger charge is -2.09. The third-order valence-electron chi connectivity index (χ3n) is 2.68. The Bertz CT molecular complexity index is 413. The molecule has 6 nitrogen and oxygen atoms in total. The van der Waals surface area contributed by atoms with Crippen LogP contribution in [0.3, 0.4) is 0 Å². The standard InChI is InChI=1S/C10H16N4O2/c1-3-11-10(15)9-12-7-5-13(16)6-8(7)14(9)4-2/h16H,3-6H2,1-2H3,(H,11,15). The van der Waals surface area contributed by atoms with Gasteiger partial charge in [-0.3, -0.25) is 4.79 Å². The molecule has 1 aromatic rings. The number of hydroxylamine groups is 2. The van der Waals surface area contributed by atoms with Gasteiger partial charge in [-0.25, -0.2) is 4.98 Å². The summed E-state index contributed by atoms with van der Waals surface area (Å²) in [5, 5.41) is 13.3. The van der Waals surface area contributed by atoms with Gasteiger partial charge in [-0.1, -0.05) is 0 Å². The number of carbonyl (C=O) groups is 1. The van der Waals surface area contributed by atoms with Crippen molar-refractivity contribution in [2.24, 2.45) is 0 Å². The molecule has 0 saturated carbocycles. The second kappa shape index (κ2) is 4.23. The van der Waals surface area contributed by atoms with Gasteiger partial charge in [0.05, 0.1) is 24.5 Å². The molecule has 2 heterocycles. The van der Waals surface area contributed by atoms with Gasteiger partial charge in [0.25, 0.3) is 5.91 Å². The van der Waals surface area contributed by atoms with Crippen molar-refractivity contribution in [1.29, 1.82) is 0 Å². The number of hydrogen-bond acceptors (Lipinski definition) is 4. The van der Waals surface area contributed by atoms with E-state index in [9.17, 15) is 10.0 Å². The second-order valence-electron chi connectivity index (χ2n) is 3.76. The van der Waals surface area contributed by atoms with Crippen LogP contribution in [0.15, 0.2) is 0 Å². The van der Waals surface area contributed by atoms with Gasteiger partial charge in [0.15, 0.2) is 5.82 Å². The molecule has 0 unspecified atom stereocenters. The summed E-state index contributed by atoms with van der Waals surface area (Å²) in [5.74, 6) is 0.297. The molecule has 88 valence electrons. The van der Waals surface area contributed by atoms with Crippen molar-refractivity contribution in [3.05, 3.63) is 17.2 Å². The van der Waals surface area contributed by atoms with E-state index in [1.165, 1.54) is 5.06 Å². The number of carbonyl (C=O) groups excluding carboxylic acids is 1. The molecule has 1 amide bonds. The fourth-order valence-electron chi connectivity index (χ4n) is 1.99. The van der Waals surface area contributed by atoms with E-state index in [0.29, 0.717) is 32.0 Å². The smallest absolute Gasteiger partial charge is 0.287 e. The van der Waals surface area contributed by atoms with Crippen LogP contribution in [0.4, 0.5) is 0 Å². The van der Waals surface area contributed by atoms with Crippen LogP contribution >= 0.6 is 0 Å². The molecule has 0 fully saturated rings. The summed E-state index contributed by atoms with van der Waals surface area (Å²) < 4.78 is 1.86. The van der Waals surface area contributed by atoms with Crippen LogP contribution in [0.2, 0.25) is 0 Å². The van der Waals surface area contributed by atoms with E-state index in [-0.39, 0.29) is 5.91 Å². The largest absolute Gasteiger partial charge is 0.350 e. The summed E-state index contributed by atoms with van der Waals surface area (Å²) >= 11 is 0. The van der Waals surface area contributed by atoms with Crippen LogP contribution in [0, 0.1) is 0 Å². The van der Waals surface area contributed by atoms with Crippen LogP contribution in [0.1, 0.15) is 35.9 Å². The summed E-state index contributed by atoms with van der Waals surface area (Å²) in [6.07, 6.45) is 0. The summed E-state index contributed by atoms with van der Waals surface area (Å²) in [6.45, 7) is 5.95. The quantitative estimate of drug-likeness (QED) is 0.777. The maximum Gasteiger partial charge on any atom is 0.287 e. The van der Waals surface area contributed by atoms with Crippen molar-refractivity contribution in [2.45, 2.75) is 33.5 Å². The van der Waals surface area contributed by atoms with Crippen molar-refractivity contribution in [1.82, 2.24) is 19.9 Å². The molecule has 1 aliphatic heterocycles. The molecule has 0 spiro atoms. The maximum atomic E-state index is 11.7. The molecule has 0 aliphatic carbocycles. The molecule has 6 heteroatoms. The fraction of sp³-hybridized carbons (Fsp3) is 0.600. The third kappa shape index (κ3) is 1.70. The molecule has 2 rings (SSSR count). The molecule has 0 saturated heterocycles. The normalized spacial score (nSPS) is 15.2. The highest BCUT2D eigenvalue weighted by Crippen LogP contribution is 2.22. The Labute approximate surface area is 93.8 Å². The van der Waals surface area contributed by atoms with Crippen molar-refractivity contribution < 1.29 is 10.0 Å². The molecule has 1 aliphatic rings. The lowest BCUT2D eigenvalue weighted by atomic mass is 10.4. The van der Waals surface area contributed by atoms with Gasteiger partial charge in [0.1, 0.15) is 0 Å². The molecular weight excluding hydrogens is 208 g/mol. The minimum absolute atomic E-state index is 0.150. The summed E-state index contributed by atoms with van der Waals surface area (Å²) in [5.41, 5.74) is 1.73. The number of nitrogens with one attached hydrogen (secondary N) is 1. The molecular formula is C10H16N4O2. The van der Waals surface area contributed by atoms with E-state index in [4.69, 9.17) is 0 Å². The molecule has 0 atom stereocenters. The van der Waals surface area contributed by atoms with Crippen molar-refractivity contribution in [3.63, 3.8) is 0 Å². The van der Waals surface area contributed by atoms with E-state index in [1.54, 1.807) is 0 Å². The van der Waals surface area contributed by atoms with E-state index in [2.05, 4.69) is 10.3 Å². The Kier molecular flexibility index (Phi) is 2.93. The zero-order valence-electron chi connectivity index (χ0n) is 9.53. The van der Waals surface area contributed by atoms with E-state index in [0.717, 1.165) is 11.4 Å². The topological polar surface area (TPSA) is 70.4 Å². The lowest BCUT2D eigenvalue weighted by Crippen LogP contribution is -2.27. The van der Waals surface area contributed by atoms with Gasteiger partial charge >= 0.3 is 0 Å². The summed E-state index contributed by atoms with van der Waals surface area (Å²) in [7, 11) is 0. The van der Waals surface area contributed by atoms with Crippen molar-refractivity contribution >= 4 is 5.91 Å². The number of imidazole rings is 1. The number of rotatable bonds is 3. The minimum Gasteiger partial charge on any atom is -0.350 e. The molecule has 0 radical (unpaired) electrons. The van der Waals surface area contributed by atoms with Gasteiger partial charge < -0.3 is 15.1 Å². The third-order valence-corrected chi connectivity index (χ3v) is 2.68. The second-order valence-corrected chi connectivity index (χ2v) is 3.76. The van der Waals surface area contributed by atoms with Gasteiger partial charge in [-0.05, 0) is 13.8 Å². The molecule has 0 aromatic carbocycles. The van der Waals surface area contributed by atoms with Gasteiger partial charge in [-0.2, -0.15) is 5.06 Å². The predicted molar refractivity (Wildman–Crippen MR) is 56.9 cm³/mol. The van der Waals surface area contributed by atoms with Crippen molar-refractivity contribution in [2.75, 3.05) is 6.54 Å². The van der Waals surface area contributed by atoms with Crippen LogP contribution < -0.4 is 5.32 Å². The first-order valence-electron chi connectivity index (χ1n) is 5.47. The Morgan fingerprint density at radius 1 is 1.50 bits per heavy atom. The molecule has 0 bridgehead atoms. The lowest BCUT2D eigenvalue weighted by molar-refractivity contribution is -0.0986. The fourth-order valence-corrected chi connectivity index (χ4v) is 1.99. The monoisotopic (exact) mass is 224 g/mol. The van der Waals surface area contributed by atoms with Crippen LogP contribution in [-0.4, -0.2) is 32.3 Å². The van der Waals surface area contributed by atoms with Crippen molar-refractivity contribution in [3.8, 4) is 0 Å². The highest BCUT2D eigenvalue weighted by molar-refractivity contribution is 5.91. The number of fused-ring (bicyclic) bond motifs is 1. The Morgan fingerprint density at radius 2 is 2.25 bits per heavy atom. The number of hydrogen-bond donors (Lipinski definition) is 2. The van der Waals surface area contributed by atoms with Gasteiger partial charge in [0.2, 0.25) is 0 Å². The molecule has 1 aromatic heterocycles. The van der Waals surface area contributed by atoms with E-state index < -0.39 is 0 Å². The van der Waals surface area contributed by atoms with Crippen LogP contribution in [0.5, 0.6) is 0 Å². The zero-order chi connectivity index (χ0) is 11.7. The Balaban J connectivity index is 2.34. The highest BCUT2D eigenvalue weighted by Gasteiger charge is 2.27. The number of amides is 1. The zero-order valence-corrected chi connectivity index (χ0v) is 9.53. The van der Waals surface area contributed by atoms with Gasteiger partial charge in [0, 0.05) is 13.1 Å². The first-order chi connectivity index (χ1) is 7.67. The van der Waals surface area contributed by atoms with Crippen LogP contribution in [0.25, 0.3) is 0 Å². The first-order valence-corrected chi connectivity index (χ1v) is 5.47. The highest BCUT2D eigenvalue weighted by atomic mass is 16.5. The van der Waals surface area contributed by atoms with E-state index in [1.807, 2.05) is 18.4 Å². The Hall–Kier alpha value is -1.40. The average Bonchev–Trinajstić information content (AvgIpc) is 2.73. The molecule has 2 N–H and O–H groups in total. The summed E-state index contributed by atoms with van der Waals surface area (Å²) in [6, 6.07) is 0. The predicted octanol–water partition coefficient (Wildman–Crippen LogP) is 0.357. The summed E-state index contributed by atoms with van der Waals surface area (Å²) in [4.78, 5) is 16.0. The van der Waals surface area contributed by atoms with Crippen LogP contribution in [-0.2, 0) is 19.6 Å². The van der Waals surface area contributed by atoms with E-state index >= 15 is 0 Å². The minimum atomic E-state index is -0.150. The SMILES string of the molecule is CCNC(=O)c1nc2c(n1CC)CN(O)C2. The first kappa shape index (κ1) is 11.1. The number of aromatic nitrogens is 2.